The van der Waals surface area contributed by atoms with Gasteiger partial charge in [-0.3, -0.25) is 9.59 Å². The lowest BCUT2D eigenvalue weighted by Crippen LogP contribution is -2.17. The highest BCUT2D eigenvalue weighted by Gasteiger charge is 2.20. The molecule has 0 aliphatic rings. The van der Waals surface area contributed by atoms with Gasteiger partial charge in [-0.15, -0.1) is 0 Å². The van der Waals surface area contributed by atoms with Crippen molar-refractivity contribution in [1.82, 2.24) is 5.16 Å². The summed E-state index contributed by atoms with van der Waals surface area (Å²) in [4.78, 5) is 35.7. The number of hydrogen-bond acceptors (Lipinski definition) is 7. The Hall–Kier alpha value is -4.23. The zero-order chi connectivity index (χ0) is 21.0. The van der Waals surface area contributed by atoms with Gasteiger partial charge in [-0.1, -0.05) is 5.16 Å². The number of hydrogen-bond donors (Lipinski definition) is 3. The Balaban J connectivity index is 1.91. The van der Waals surface area contributed by atoms with Crippen molar-refractivity contribution < 1.29 is 28.8 Å². The molecular formula is C19H14N4O6. The highest BCUT2D eigenvalue weighted by molar-refractivity contribution is 6.12. The molecule has 10 nitrogen and oxygen atoms in total. The summed E-state index contributed by atoms with van der Waals surface area (Å²) < 4.78 is 9.85. The molecular weight excluding hydrogens is 380 g/mol. The molecule has 2 amide bonds. The number of ether oxygens (including phenoxy) is 1. The summed E-state index contributed by atoms with van der Waals surface area (Å²) >= 11 is 0. The fourth-order valence-corrected chi connectivity index (χ4v) is 2.59. The van der Waals surface area contributed by atoms with Crippen LogP contribution in [0.4, 0.5) is 11.4 Å². The van der Waals surface area contributed by atoms with E-state index in [9.17, 15) is 19.5 Å². The number of aromatic carboxylic acids is 1. The number of carboxylic acid groups (broad SMARTS) is 1. The van der Waals surface area contributed by atoms with Gasteiger partial charge in [-0.25, -0.2) is 4.79 Å². The number of nitrogens with one attached hydrogen (secondary N) is 2. The SMILES string of the molecule is COCC(=O)Nc1ccc2noc(C(=O)Nc3ccc(C#N)cc3C(=O)O)c2c1. The minimum Gasteiger partial charge on any atom is -0.478 e. The predicted molar refractivity (Wildman–Crippen MR) is 101 cm³/mol. The molecule has 3 aromatic rings. The average Bonchev–Trinajstić information content (AvgIpc) is 3.11. The number of methoxy groups -OCH3 is 1. The van der Waals surface area contributed by atoms with E-state index >= 15 is 0 Å². The summed E-state index contributed by atoms with van der Waals surface area (Å²) in [6, 6.07) is 10.3. The number of carbonyl (C=O) groups excluding carboxylic acids is 2. The van der Waals surface area contributed by atoms with E-state index in [4.69, 9.17) is 14.5 Å². The number of aromatic nitrogens is 1. The molecule has 0 aliphatic heterocycles. The second-order valence-corrected chi connectivity index (χ2v) is 5.86. The van der Waals surface area contributed by atoms with Gasteiger partial charge in [0, 0.05) is 12.8 Å². The second-order valence-electron chi connectivity index (χ2n) is 5.86. The maximum atomic E-state index is 12.6. The third-order valence-corrected chi connectivity index (χ3v) is 3.87. The van der Waals surface area contributed by atoms with Gasteiger partial charge in [0.15, 0.2) is 0 Å². The number of carboxylic acids is 1. The van der Waals surface area contributed by atoms with Crippen LogP contribution in [0.5, 0.6) is 0 Å². The Morgan fingerprint density at radius 2 is 2.00 bits per heavy atom. The summed E-state index contributed by atoms with van der Waals surface area (Å²) in [5.74, 6) is -2.58. The number of benzene rings is 2. The number of amides is 2. The lowest BCUT2D eigenvalue weighted by atomic mass is 10.1. The fourth-order valence-electron chi connectivity index (χ4n) is 2.59. The number of carbonyl (C=O) groups is 3. The molecule has 0 atom stereocenters. The van der Waals surface area contributed by atoms with E-state index in [1.807, 2.05) is 6.07 Å². The quantitative estimate of drug-likeness (QED) is 0.575. The molecule has 0 bridgehead atoms. The Morgan fingerprint density at radius 1 is 1.21 bits per heavy atom. The molecule has 0 aliphatic carbocycles. The predicted octanol–water partition coefficient (Wildman–Crippen LogP) is 2.23. The van der Waals surface area contributed by atoms with E-state index in [0.29, 0.717) is 16.6 Å². The average molecular weight is 394 g/mol. The lowest BCUT2D eigenvalue weighted by molar-refractivity contribution is -0.119. The van der Waals surface area contributed by atoms with Crippen molar-refractivity contribution in [3.05, 3.63) is 53.3 Å². The van der Waals surface area contributed by atoms with Crippen LogP contribution in [-0.4, -0.2) is 41.8 Å². The van der Waals surface area contributed by atoms with Crippen LogP contribution in [0.2, 0.25) is 0 Å². The highest BCUT2D eigenvalue weighted by atomic mass is 16.5. The van der Waals surface area contributed by atoms with Gasteiger partial charge in [-0.2, -0.15) is 5.26 Å². The van der Waals surface area contributed by atoms with E-state index in [1.54, 1.807) is 12.1 Å². The molecule has 0 saturated carbocycles. The van der Waals surface area contributed by atoms with Crippen molar-refractivity contribution in [3.8, 4) is 6.07 Å². The van der Waals surface area contributed by atoms with Gasteiger partial charge in [0.05, 0.1) is 28.3 Å². The number of fused-ring (bicyclic) bond motifs is 1. The van der Waals surface area contributed by atoms with Gasteiger partial charge < -0.3 is 25.0 Å². The Labute approximate surface area is 163 Å². The first-order valence-corrected chi connectivity index (χ1v) is 8.20. The molecule has 0 spiro atoms. The van der Waals surface area contributed by atoms with Crippen LogP contribution in [0.15, 0.2) is 40.9 Å². The second kappa shape index (κ2) is 8.20. The molecule has 0 unspecified atom stereocenters. The minimum absolute atomic E-state index is 0.00407. The number of rotatable bonds is 6. The van der Waals surface area contributed by atoms with Gasteiger partial charge in [-0.05, 0) is 36.4 Å². The van der Waals surface area contributed by atoms with Gasteiger partial charge in [0.2, 0.25) is 11.7 Å². The summed E-state index contributed by atoms with van der Waals surface area (Å²) in [6.45, 7) is -0.133. The topological polar surface area (TPSA) is 155 Å². The Kier molecular flexibility index (Phi) is 5.52. The van der Waals surface area contributed by atoms with Crippen LogP contribution in [0.25, 0.3) is 10.9 Å². The van der Waals surface area contributed by atoms with Crippen LogP contribution in [-0.2, 0) is 9.53 Å². The zero-order valence-corrected chi connectivity index (χ0v) is 15.1. The fraction of sp³-hybridized carbons (Fsp3) is 0.105. The van der Waals surface area contributed by atoms with Gasteiger partial charge >= 0.3 is 5.97 Å². The first-order valence-electron chi connectivity index (χ1n) is 8.20. The first kappa shape index (κ1) is 19.5. The first-order chi connectivity index (χ1) is 13.9. The number of anilines is 2. The molecule has 10 heteroatoms. The molecule has 2 aromatic carbocycles. The molecule has 3 rings (SSSR count). The number of nitrogens with zero attached hydrogens (tertiary/aromatic N) is 2. The monoisotopic (exact) mass is 394 g/mol. The summed E-state index contributed by atoms with van der Waals surface area (Å²) in [6.07, 6.45) is 0. The van der Waals surface area contributed by atoms with E-state index < -0.39 is 11.9 Å². The minimum atomic E-state index is -1.30. The molecule has 0 saturated heterocycles. The lowest BCUT2D eigenvalue weighted by Gasteiger charge is -2.08. The van der Waals surface area contributed by atoms with E-state index in [2.05, 4.69) is 15.8 Å². The van der Waals surface area contributed by atoms with Crippen molar-refractivity contribution in [1.29, 1.82) is 5.26 Å². The van der Waals surface area contributed by atoms with Crippen molar-refractivity contribution in [3.63, 3.8) is 0 Å². The highest BCUT2D eigenvalue weighted by Crippen LogP contribution is 2.25. The number of nitriles is 1. The largest absolute Gasteiger partial charge is 0.478 e. The Morgan fingerprint density at radius 3 is 2.69 bits per heavy atom. The zero-order valence-electron chi connectivity index (χ0n) is 15.1. The normalized spacial score (nSPS) is 10.3. The summed E-state index contributed by atoms with van der Waals surface area (Å²) in [7, 11) is 1.39. The molecule has 3 N–H and O–H groups in total. The maximum absolute atomic E-state index is 12.6. The molecule has 0 fully saturated rings. The summed E-state index contributed by atoms with van der Waals surface area (Å²) in [5, 5.41) is 27.4. The molecule has 1 heterocycles. The van der Waals surface area contributed by atoms with E-state index in [0.717, 1.165) is 6.07 Å². The van der Waals surface area contributed by atoms with Gasteiger partial charge in [0.1, 0.15) is 12.1 Å². The van der Waals surface area contributed by atoms with Crippen LogP contribution in [0.3, 0.4) is 0 Å². The van der Waals surface area contributed by atoms with Crippen molar-refractivity contribution in [2.75, 3.05) is 24.4 Å². The smallest absolute Gasteiger partial charge is 0.337 e. The van der Waals surface area contributed by atoms with Crippen LogP contribution in [0.1, 0.15) is 26.5 Å². The molecule has 0 radical (unpaired) electrons. The van der Waals surface area contributed by atoms with E-state index in [1.165, 1.54) is 25.3 Å². The molecule has 1 aromatic heterocycles. The molecule has 29 heavy (non-hydrogen) atoms. The van der Waals surface area contributed by atoms with E-state index in [-0.39, 0.29) is 35.1 Å². The van der Waals surface area contributed by atoms with Crippen molar-refractivity contribution >= 4 is 40.1 Å². The van der Waals surface area contributed by atoms with Crippen molar-refractivity contribution in [2.45, 2.75) is 0 Å². The molecule has 146 valence electrons. The van der Waals surface area contributed by atoms with Crippen molar-refractivity contribution in [2.24, 2.45) is 0 Å². The summed E-state index contributed by atoms with van der Waals surface area (Å²) in [5.41, 5.74) is 0.672. The van der Waals surface area contributed by atoms with Crippen LogP contribution in [0, 0.1) is 11.3 Å². The standard InChI is InChI=1S/C19H14N4O6/c1-28-9-16(24)21-11-3-5-15-12(7-11)17(29-23-15)18(25)22-14-4-2-10(8-20)6-13(14)19(26)27/h2-7H,9H2,1H3,(H,21,24)(H,22,25)(H,26,27). The van der Waals surface area contributed by atoms with Crippen LogP contribution >= 0.6 is 0 Å². The Bertz CT molecular complexity index is 1160. The maximum Gasteiger partial charge on any atom is 0.337 e. The van der Waals surface area contributed by atoms with Gasteiger partial charge in [0.25, 0.3) is 5.91 Å². The third-order valence-electron chi connectivity index (χ3n) is 3.87. The van der Waals surface area contributed by atoms with Crippen LogP contribution < -0.4 is 10.6 Å². The third kappa shape index (κ3) is 4.20.